The van der Waals surface area contributed by atoms with Crippen LogP contribution in [0.5, 0.6) is 11.6 Å². The van der Waals surface area contributed by atoms with Crippen molar-refractivity contribution >= 4 is 17.5 Å². The lowest BCUT2D eigenvalue weighted by Crippen LogP contribution is -2.29. The summed E-state index contributed by atoms with van der Waals surface area (Å²) < 4.78 is 5.76. The number of hydrogen-bond donors (Lipinski definition) is 2. The van der Waals surface area contributed by atoms with E-state index in [2.05, 4.69) is 27.5 Å². The number of benzene rings is 1. The molecule has 3 aromatic rings. The molecule has 0 saturated heterocycles. The molecule has 0 aliphatic heterocycles. The van der Waals surface area contributed by atoms with Crippen molar-refractivity contribution in [2.75, 3.05) is 24.3 Å². The number of carbonyl (C=O) groups excluding carboxylic acids is 1. The van der Waals surface area contributed by atoms with Crippen LogP contribution in [-0.2, 0) is 6.54 Å². The minimum atomic E-state index is -0.316. The van der Waals surface area contributed by atoms with E-state index in [1.54, 1.807) is 24.5 Å². The molecule has 0 saturated carbocycles. The second-order valence-electron chi connectivity index (χ2n) is 6.92. The van der Waals surface area contributed by atoms with Crippen LogP contribution in [0.15, 0.2) is 54.9 Å². The van der Waals surface area contributed by atoms with E-state index in [9.17, 15) is 4.79 Å². The Morgan fingerprint density at radius 1 is 1.07 bits per heavy atom. The van der Waals surface area contributed by atoms with Crippen LogP contribution in [-0.4, -0.2) is 30.1 Å². The highest BCUT2D eigenvalue weighted by Gasteiger charge is 2.08. The Hall–Kier alpha value is -3.61. The van der Waals surface area contributed by atoms with Gasteiger partial charge in [-0.25, -0.2) is 14.8 Å². The van der Waals surface area contributed by atoms with Gasteiger partial charge in [-0.2, -0.15) is 0 Å². The van der Waals surface area contributed by atoms with Crippen molar-refractivity contribution in [2.24, 2.45) is 0 Å². The van der Waals surface area contributed by atoms with Gasteiger partial charge in [-0.05, 0) is 49.2 Å². The average molecular weight is 391 g/mol. The Labute approximate surface area is 170 Å². The highest BCUT2D eigenvalue weighted by Crippen LogP contribution is 2.23. The van der Waals surface area contributed by atoms with Gasteiger partial charge in [0.2, 0.25) is 5.88 Å². The molecule has 0 atom stereocenters. The van der Waals surface area contributed by atoms with Crippen molar-refractivity contribution in [2.45, 2.75) is 20.4 Å². The molecule has 0 spiro atoms. The first-order valence-electron chi connectivity index (χ1n) is 9.29. The number of carbonyl (C=O) groups is 1. The first-order valence-corrected chi connectivity index (χ1v) is 9.29. The topological polar surface area (TPSA) is 79.4 Å². The summed E-state index contributed by atoms with van der Waals surface area (Å²) in [5.41, 5.74) is 3.88. The zero-order chi connectivity index (χ0) is 20.8. The number of aromatic nitrogens is 2. The smallest absolute Gasteiger partial charge is 0.319 e. The maximum atomic E-state index is 12.2. The molecule has 2 N–H and O–H groups in total. The monoisotopic (exact) mass is 391 g/mol. The van der Waals surface area contributed by atoms with Gasteiger partial charge in [-0.3, -0.25) is 0 Å². The lowest BCUT2D eigenvalue weighted by Gasteiger charge is -2.16. The Kier molecular flexibility index (Phi) is 6.29. The molecule has 0 aliphatic rings. The fraction of sp³-hybridized carbons (Fsp3) is 0.227. The maximum absolute atomic E-state index is 12.2. The van der Waals surface area contributed by atoms with Crippen molar-refractivity contribution in [3.8, 4) is 11.6 Å². The predicted octanol–water partition coefficient (Wildman–Crippen LogP) is 4.27. The average Bonchev–Trinajstić information content (AvgIpc) is 2.71. The van der Waals surface area contributed by atoms with Crippen molar-refractivity contribution in [3.63, 3.8) is 0 Å². The van der Waals surface area contributed by atoms with Gasteiger partial charge in [0.25, 0.3) is 0 Å². The number of amides is 2. The summed E-state index contributed by atoms with van der Waals surface area (Å²) in [5, 5.41) is 5.60. The first kappa shape index (κ1) is 20.1. The van der Waals surface area contributed by atoms with E-state index in [4.69, 9.17) is 4.74 Å². The van der Waals surface area contributed by atoms with Crippen molar-refractivity contribution < 1.29 is 9.53 Å². The Morgan fingerprint density at radius 3 is 2.59 bits per heavy atom. The van der Waals surface area contributed by atoms with Crippen LogP contribution in [0.1, 0.15) is 16.7 Å². The van der Waals surface area contributed by atoms with E-state index >= 15 is 0 Å². The number of pyridine rings is 2. The molecule has 0 radical (unpaired) electrons. The summed E-state index contributed by atoms with van der Waals surface area (Å²) in [5.74, 6) is 2.01. The number of nitrogens with one attached hydrogen (secondary N) is 2. The molecule has 7 nitrogen and oxygen atoms in total. The molecule has 2 heterocycles. The van der Waals surface area contributed by atoms with Gasteiger partial charge < -0.3 is 20.3 Å². The summed E-state index contributed by atoms with van der Waals surface area (Å²) >= 11 is 0. The molecule has 2 amide bonds. The van der Waals surface area contributed by atoms with E-state index in [1.165, 1.54) is 5.56 Å². The standard InChI is InChI=1S/C22H25N5O2/c1-15-7-9-19(12-16(15)2)29-20-10-8-18(14-24-20)26-22(28)25-13-17-6-5-11-23-21(17)27(3)4/h5-12,14H,13H2,1-4H3,(H2,25,26,28). The molecule has 2 aromatic heterocycles. The molecule has 7 heteroatoms. The van der Waals surface area contributed by atoms with Gasteiger partial charge in [0.1, 0.15) is 11.6 Å². The number of aryl methyl sites for hydroxylation is 2. The van der Waals surface area contributed by atoms with Crippen LogP contribution in [0.3, 0.4) is 0 Å². The van der Waals surface area contributed by atoms with Gasteiger partial charge in [0.15, 0.2) is 0 Å². The molecule has 3 rings (SSSR count). The fourth-order valence-electron chi connectivity index (χ4n) is 2.73. The fourth-order valence-corrected chi connectivity index (χ4v) is 2.73. The van der Waals surface area contributed by atoms with Crippen LogP contribution in [0.2, 0.25) is 0 Å². The number of urea groups is 1. The summed E-state index contributed by atoms with van der Waals surface area (Å²) in [6.45, 7) is 4.46. The number of nitrogens with zero attached hydrogens (tertiary/aromatic N) is 3. The predicted molar refractivity (Wildman–Crippen MR) is 115 cm³/mol. The largest absolute Gasteiger partial charge is 0.439 e. The normalized spacial score (nSPS) is 10.3. The van der Waals surface area contributed by atoms with E-state index in [0.717, 1.165) is 22.7 Å². The first-order chi connectivity index (χ1) is 13.9. The minimum Gasteiger partial charge on any atom is -0.439 e. The molecular formula is C22H25N5O2. The zero-order valence-electron chi connectivity index (χ0n) is 17.1. The third-order valence-electron chi connectivity index (χ3n) is 4.43. The zero-order valence-corrected chi connectivity index (χ0v) is 17.1. The molecule has 0 fully saturated rings. The van der Waals surface area contributed by atoms with Crippen LogP contribution >= 0.6 is 0 Å². The van der Waals surface area contributed by atoms with Crippen molar-refractivity contribution in [1.82, 2.24) is 15.3 Å². The number of ether oxygens (including phenoxy) is 1. The Morgan fingerprint density at radius 2 is 1.90 bits per heavy atom. The maximum Gasteiger partial charge on any atom is 0.319 e. The summed E-state index contributed by atoms with van der Waals surface area (Å²) in [4.78, 5) is 22.7. The van der Waals surface area contributed by atoms with Gasteiger partial charge in [-0.15, -0.1) is 0 Å². The third kappa shape index (κ3) is 5.44. The second-order valence-corrected chi connectivity index (χ2v) is 6.92. The molecule has 29 heavy (non-hydrogen) atoms. The molecule has 150 valence electrons. The Bertz CT molecular complexity index is 987. The second kappa shape index (κ2) is 9.05. The molecule has 0 aliphatic carbocycles. The van der Waals surface area contributed by atoms with Crippen LogP contribution in [0.25, 0.3) is 0 Å². The van der Waals surface area contributed by atoms with Gasteiger partial charge >= 0.3 is 6.03 Å². The Balaban J connectivity index is 1.55. The molecule has 1 aromatic carbocycles. The third-order valence-corrected chi connectivity index (χ3v) is 4.43. The summed E-state index contributed by atoms with van der Waals surface area (Å²) in [7, 11) is 3.83. The van der Waals surface area contributed by atoms with Gasteiger partial charge in [0.05, 0.1) is 11.9 Å². The van der Waals surface area contributed by atoms with Crippen LogP contribution < -0.4 is 20.3 Å². The van der Waals surface area contributed by atoms with Gasteiger partial charge in [0, 0.05) is 38.5 Å². The van der Waals surface area contributed by atoms with E-state index in [-0.39, 0.29) is 6.03 Å². The van der Waals surface area contributed by atoms with E-state index in [0.29, 0.717) is 18.1 Å². The molecule has 0 bridgehead atoms. The van der Waals surface area contributed by atoms with Crippen molar-refractivity contribution in [3.05, 3.63) is 71.5 Å². The molecule has 0 unspecified atom stereocenters. The highest BCUT2D eigenvalue weighted by atomic mass is 16.5. The number of rotatable bonds is 6. The lowest BCUT2D eigenvalue weighted by molar-refractivity contribution is 0.251. The van der Waals surface area contributed by atoms with Crippen molar-refractivity contribution in [1.29, 1.82) is 0 Å². The van der Waals surface area contributed by atoms with Gasteiger partial charge in [-0.1, -0.05) is 12.1 Å². The number of hydrogen-bond acceptors (Lipinski definition) is 5. The van der Waals surface area contributed by atoms with E-state index < -0.39 is 0 Å². The van der Waals surface area contributed by atoms with E-state index in [1.807, 2.05) is 56.3 Å². The number of anilines is 2. The quantitative estimate of drug-likeness (QED) is 0.656. The lowest BCUT2D eigenvalue weighted by atomic mass is 10.1. The van der Waals surface area contributed by atoms with Crippen LogP contribution in [0.4, 0.5) is 16.3 Å². The molecular weight excluding hydrogens is 366 g/mol. The van der Waals surface area contributed by atoms with Crippen LogP contribution in [0, 0.1) is 13.8 Å². The summed E-state index contributed by atoms with van der Waals surface area (Å²) in [6, 6.07) is 12.8. The highest BCUT2D eigenvalue weighted by molar-refractivity contribution is 5.89. The summed E-state index contributed by atoms with van der Waals surface area (Å²) in [6.07, 6.45) is 3.29. The SMILES string of the molecule is Cc1ccc(Oc2ccc(NC(=O)NCc3cccnc3N(C)C)cn2)cc1C. The minimum absolute atomic E-state index is 0.316.